The molecule has 2 N–H and O–H groups in total. The molecule has 0 spiro atoms. The number of aromatic nitrogens is 2. The molecule has 152 valence electrons. The van der Waals surface area contributed by atoms with E-state index in [9.17, 15) is 23.1 Å². The molecule has 1 saturated carbocycles. The van der Waals surface area contributed by atoms with Crippen molar-refractivity contribution in [1.29, 1.82) is 0 Å². The van der Waals surface area contributed by atoms with Crippen LogP contribution in [0.15, 0.2) is 47.3 Å². The van der Waals surface area contributed by atoms with Gasteiger partial charge in [-0.15, -0.1) is 13.2 Å². The molecule has 1 heterocycles. The van der Waals surface area contributed by atoms with Gasteiger partial charge < -0.3 is 15.2 Å². The Kier molecular flexibility index (Phi) is 4.87. The number of benzene rings is 2. The summed E-state index contributed by atoms with van der Waals surface area (Å²) in [6.45, 7) is 0. The summed E-state index contributed by atoms with van der Waals surface area (Å²) in [6.07, 6.45) is -4.15. The Bertz CT molecular complexity index is 1130. The van der Waals surface area contributed by atoms with Gasteiger partial charge in [-0.1, -0.05) is 23.7 Å². The molecule has 1 fully saturated rings. The number of hydrogen-bond donors (Lipinski definition) is 2. The van der Waals surface area contributed by atoms with E-state index in [0.717, 1.165) is 16.7 Å². The highest BCUT2D eigenvalue weighted by molar-refractivity contribution is 6.32. The van der Waals surface area contributed by atoms with E-state index in [1.807, 2.05) is 0 Å². The quantitative estimate of drug-likeness (QED) is 0.663. The van der Waals surface area contributed by atoms with Crippen LogP contribution < -0.4 is 15.7 Å². The molecule has 4 rings (SSSR count). The van der Waals surface area contributed by atoms with Gasteiger partial charge in [0.15, 0.2) is 0 Å². The Balaban J connectivity index is 1.93. The first-order valence-corrected chi connectivity index (χ1v) is 9.13. The second kappa shape index (κ2) is 7.23. The zero-order valence-corrected chi connectivity index (χ0v) is 15.5. The van der Waals surface area contributed by atoms with Crippen molar-refractivity contribution in [3.05, 3.63) is 58.0 Å². The first-order chi connectivity index (χ1) is 13.7. The largest absolute Gasteiger partial charge is 0.573 e. The van der Waals surface area contributed by atoms with E-state index in [0.29, 0.717) is 18.2 Å². The molecule has 0 aliphatic heterocycles. The summed E-state index contributed by atoms with van der Waals surface area (Å²) in [6, 6.07) is 9.77. The minimum absolute atomic E-state index is 0.135. The maximum absolute atomic E-state index is 12.8. The van der Waals surface area contributed by atoms with Gasteiger partial charge in [0, 0.05) is 11.5 Å². The van der Waals surface area contributed by atoms with Crippen molar-refractivity contribution in [2.45, 2.75) is 31.3 Å². The van der Waals surface area contributed by atoms with E-state index in [2.05, 4.69) is 15.0 Å². The monoisotopic (exact) mass is 425 g/mol. The number of halogens is 4. The average molecular weight is 426 g/mol. The summed E-state index contributed by atoms with van der Waals surface area (Å²) < 4.78 is 43.2. The van der Waals surface area contributed by atoms with Crippen LogP contribution in [0.2, 0.25) is 5.02 Å². The van der Waals surface area contributed by atoms with Crippen LogP contribution in [-0.2, 0) is 0 Å². The average Bonchev–Trinajstić information content (AvgIpc) is 2.64. The van der Waals surface area contributed by atoms with Gasteiger partial charge in [-0.05, 0) is 37.1 Å². The van der Waals surface area contributed by atoms with Crippen molar-refractivity contribution in [1.82, 2.24) is 9.55 Å². The molecule has 3 aromatic rings. The summed E-state index contributed by atoms with van der Waals surface area (Å²) in [4.78, 5) is 16.8. The van der Waals surface area contributed by atoms with E-state index in [4.69, 9.17) is 11.6 Å². The summed E-state index contributed by atoms with van der Waals surface area (Å²) >= 11 is 6.20. The summed E-state index contributed by atoms with van der Waals surface area (Å²) in [5, 5.41) is 13.4. The van der Waals surface area contributed by atoms with Gasteiger partial charge >= 0.3 is 12.1 Å². The number of nitrogens with zero attached hydrogens (tertiary/aromatic N) is 2. The lowest BCUT2D eigenvalue weighted by molar-refractivity contribution is -0.274. The van der Waals surface area contributed by atoms with E-state index in [-0.39, 0.29) is 28.1 Å². The number of ether oxygens (including phenoxy) is 1. The molecule has 0 amide bonds. The van der Waals surface area contributed by atoms with Gasteiger partial charge in [-0.2, -0.15) is 4.98 Å². The molecule has 29 heavy (non-hydrogen) atoms. The number of rotatable bonds is 4. The zero-order valence-electron chi connectivity index (χ0n) is 14.8. The Hall–Kier alpha value is -2.78. The van der Waals surface area contributed by atoms with Gasteiger partial charge in [0.2, 0.25) is 0 Å². The summed E-state index contributed by atoms with van der Waals surface area (Å²) in [5.41, 5.74) is -0.321. The number of para-hydroxylation sites is 1. The first-order valence-electron chi connectivity index (χ1n) is 8.75. The summed E-state index contributed by atoms with van der Waals surface area (Å²) in [7, 11) is 0. The number of nitrogens with one attached hydrogen (secondary N) is 1. The maximum Gasteiger partial charge on any atom is 0.573 e. The number of aliphatic hydroxyl groups is 1. The molecule has 0 radical (unpaired) electrons. The van der Waals surface area contributed by atoms with Gasteiger partial charge in [0.1, 0.15) is 11.6 Å². The molecule has 2 unspecified atom stereocenters. The van der Waals surface area contributed by atoms with Crippen molar-refractivity contribution in [3.8, 4) is 11.4 Å². The molecule has 1 aromatic heterocycles. The highest BCUT2D eigenvalue weighted by Crippen LogP contribution is 2.32. The Morgan fingerprint density at radius 1 is 1.21 bits per heavy atom. The number of fused-ring (bicyclic) bond motifs is 1. The highest BCUT2D eigenvalue weighted by atomic mass is 35.5. The SMILES string of the molecule is O=c1nc(NC2CCC2O)c2ccc(OC(F)(F)F)cc2n1-c1ccccc1Cl. The van der Waals surface area contributed by atoms with E-state index < -0.39 is 23.9 Å². The number of hydrogen-bond acceptors (Lipinski definition) is 5. The van der Waals surface area contributed by atoms with Crippen molar-refractivity contribution < 1.29 is 23.0 Å². The number of alkyl halides is 3. The highest BCUT2D eigenvalue weighted by Gasteiger charge is 2.32. The fourth-order valence-corrected chi connectivity index (χ4v) is 3.43. The smallest absolute Gasteiger partial charge is 0.406 e. The van der Waals surface area contributed by atoms with Gasteiger partial charge in [0.25, 0.3) is 0 Å². The molecule has 1 aliphatic rings. The first kappa shape index (κ1) is 19.5. The standard InChI is InChI=1S/C19H15ClF3N3O3/c20-12-3-1-2-4-14(12)26-15-9-10(29-19(21,22)23)5-6-11(15)17(25-18(26)28)24-13-7-8-16(13)27/h1-6,9,13,16,27H,7-8H2,(H,24,25,28). The third-order valence-electron chi connectivity index (χ3n) is 4.75. The normalized spacial score (nSPS) is 19.1. The van der Waals surface area contributed by atoms with E-state index >= 15 is 0 Å². The van der Waals surface area contributed by atoms with Gasteiger partial charge in [0.05, 0.1) is 28.4 Å². The topological polar surface area (TPSA) is 76.4 Å². The third-order valence-corrected chi connectivity index (χ3v) is 5.07. The van der Waals surface area contributed by atoms with Crippen LogP contribution in [0.1, 0.15) is 12.8 Å². The van der Waals surface area contributed by atoms with Crippen LogP contribution in [-0.4, -0.2) is 33.2 Å². The summed E-state index contributed by atoms with van der Waals surface area (Å²) in [5.74, 6) is -0.304. The number of anilines is 1. The Morgan fingerprint density at radius 3 is 2.59 bits per heavy atom. The van der Waals surface area contributed by atoms with E-state index in [1.165, 1.54) is 6.07 Å². The minimum atomic E-state index is -4.88. The molecule has 2 aromatic carbocycles. The molecule has 10 heteroatoms. The maximum atomic E-state index is 12.8. The van der Waals surface area contributed by atoms with Gasteiger partial charge in [-0.25, -0.2) is 4.79 Å². The minimum Gasteiger partial charge on any atom is -0.406 e. The lowest BCUT2D eigenvalue weighted by Gasteiger charge is -2.33. The van der Waals surface area contributed by atoms with Crippen LogP contribution in [0.5, 0.6) is 5.75 Å². The van der Waals surface area contributed by atoms with Crippen LogP contribution in [0.25, 0.3) is 16.6 Å². The van der Waals surface area contributed by atoms with Crippen molar-refractivity contribution in [3.63, 3.8) is 0 Å². The second-order valence-electron chi connectivity index (χ2n) is 6.65. The van der Waals surface area contributed by atoms with Crippen molar-refractivity contribution in [2.24, 2.45) is 0 Å². The Morgan fingerprint density at radius 2 is 1.97 bits per heavy atom. The zero-order chi connectivity index (χ0) is 20.8. The van der Waals surface area contributed by atoms with Gasteiger partial charge in [-0.3, -0.25) is 4.57 Å². The molecular weight excluding hydrogens is 411 g/mol. The fraction of sp³-hybridized carbons (Fsp3) is 0.263. The molecule has 6 nitrogen and oxygen atoms in total. The van der Waals surface area contributed by atoms with Crippen LogP contribution >= 0.6 is 11.6 Å². The lowest BCUT2D eigenvalue weighted by atomic mass is 9.89. The molecule has 0 saturated heterocycles. The van der Waals surface area contributed by atoms with Crippen LogP contribution in [0, 0.1) is 0 Å². The third kappa shape index (κ3) is 3.88. The Labute approximate surface area is 167 Å². The molecule has 0 bridgehead atoms. The molecule has 2 atom stereocenters. The molecular formula is C19H15ClF3N3O3. The fourth-order valence-electron chi connectivity index (χ4n) is 3.21. The second-order valence-corrected chi connectivity index (χ2v) is 7.06. The van der Waals surface area contributed by atoms with Crippen LogP contribution in [0.4, 0.5) is 19.0 Å². The lowest BCUT2D eigenvalue weighted by Crippen LogP contribution is -2.43. The van der Waals surface area contributed by atoms with Crippen molar-refractivity contribution >= 4 is 28.3 Å². The number of aliphatic hydroxyl groups excluding tert-OH is 1. The predicted molar refractivity (Wildman–Crippen MR) is 102 cm³/mol. The predicted octanol–water partition coefficient (Wildman–Crippen LogP) is 3.87. The van der Waals surface area contributed by atoms with Crippen LogP contribution in [0.3, 0.4) is 0 Å². The molecule has 1 aliphatic carbocycles. The van der Waals surface area contributed by atoms with Crippen molar-refractivity contribution in [2.75, 3.05) is 5.32 Å². The van der Waals surface area contributed by atoms with E-state index in [1.54, 1.807) is 24.3 Å².